The number of methoxy groups -OCH3 is 1. The second kappa shape index (κ2) is 7.72. The largest absolute Gasteiger partial charge is 0.469 e. The maximum atomic E-state index is 12.9. The monoisotopic (exact) mass is 342 g/mol. The van der Waals surface area contributed by atoms with E-state index in [-0.39, 0.29) is 23.7 Å². The molecular weight excluding hydrogens is 316 g/mol. The van der Waals surface area contributed by atoms with Gasteiger partial charge in [0, 0.05) is 31.9 Å². The Kier molecular flexibility index (Phi) is 5.41. The first-order chi connectivity index (χ1) is 12.1. The molecule has 1 amide bonds. The first kappa shape index (κ1) is 17.5. The van der Waals surface area contributed by atoms with Crippen molar-refractivity contribution < 1.29 is 14.3 Å². The van der Waals surface area contributed by atoms with Crippen molar-refractivity contribution in [3.05, 3.63) is 42.5 Å². The van der Waals surface area contributed by atoms with Crippen molar-refractivity contribution in [3.8, 4) is 0 Å². The van der Waals surface area contributed by atoms with E-state index in [9.17, 15) is 9.59 Å². The summed E-state index contributed by atoms with van der Waals surface area (Å²) in [5.41, 5.74) is 2.08. The number of para-hydroxylation sites is 1. The first-order valence-electron chi connectivity index (χ1n) is 8.94. The van der Waals surface area contributed by atoms with E-state index in [4.69, 9.17) is 4.74 Å². The molecule has 1 heterocycles. The quantitative estimate of drug-likeness (QED) is 0.625. The lowest BCUT2D eigenvalue weighted by atomic mass is 9.78. The van der Waals surface area contributed by atoms with Gasteiger partial charge < -0.3 is 14.5 Å². The Bertz CT molecular complexity index is 636. The summed E-state index contributed by atoms with van der Waals surface area (Å²) in [6, 6.07) is 10.3. The van der Waals surface area contributed by atoms with E-state index in [0.29, 0.717) is 19.3 Å². The predicted molar refractivity (Wildman–Crippen MR) is 97.2 cm³/mol. The smallest absolute Gasteiger partial charge is 0.308 e. The molecule has 5 heteroatoms. The number of amides is 1. The Labute approximate surface area is 149 Å². The van der Waals surface area contributed by atoms with Gasteiger partial charge in [0.2, 0.25) is 5.91 Å². The van der Waals surface area contributed by atoms with Crippen molar-refractivity contribution in [2.24, 2.45) is 11.8 Å². The van der Waals surface area contributed by atoms with Crippen LogP contribution in [0.3, 0.4) is 0 Å². The summed E-state index contributed by atoms with van der Waals surface area (Å²) in [5.74, 6) is -0.315. The molecule has 134 valence electrons. The molecule has 0 bridgehead atoms. The van der Waals surface area contributed by atoms with Crippen molar-refractivity contribution in [2.45, 2.75) is 19.3 Å². The summed E-state index contributed by atoms with van der Waals surface area (Å²) < 4.78 is 4.82. The molecule has 1 aromatic carbocycles. The third-order valence-corrected chi connectivity index (χ3v) is 5.35. The lowest BCUT2D eigenvalue weighted by Gasteiger charge is -2.39. The van der Waals surface area contributed by atoms with Crippen LogP contribution >= 0.6 is 0 Å². The minimum Gasteiger partial charge on any atom is -0.469 e. The summed E-state index contributed by atoms with van der Waals surface area (Å²) >= 11 is 0. The molecule has 0 spiro atoms. The number of benzene rings is 1. The molecule has 1 unspecified atom stereocenters. The molecule has 2 fully saturated rings. The molecule has 0 radical (unpaired) electrons. The molecule has 3 rings (SSSR count). The first-order valence-corrected chi connectivity index (χ1v) is 8.94. The number of carbonyl (C=O) groups excluding carboxylic acids is 2. The van der Waals surface area contributed by atoms with E-state index in [0.717, 1.165) is 31.8 Å². The number of rotatable bonds is 3. The standard InChI is InChI=1S/C20H26N2O3/c1-15-14-16(20(24)25-2)8-9-18(15)19(23)22-12-10-21(11-13-22)17-6-4-3-5-7-17/h3-7,16,18H,1,8-14H2,2H3/t16?,18-/m0/s1. The highest BCUT2D eigenvalue weighted by Gasteiger charge is 2.35. The van der Waals surface area contributed by atoms with Crippen molar-refractivity contribution >= 4 is 17.6 Å². The Morgan fingerprint density at radius 3 is 2.36 bits per heavy atom. The number of ether oxygens (including phenoxy) is 1. The molecule has 1 aliphatic carbocycles. The molecule has 0 aromatic heterocycles. The second-order valence-electron chi connectivity index (χ2n) is 6.86. The van der Waals surface area contributed by atoms with E-state index in [1.807, 2.05) is 23.1 Å². The van der Waals surface area contributed by atoms with Gasteiger partial charge in [-0.15, -0.1) is 0 Å². The van der Waals surface area contributed by atoms with Crippen LogP contribution in [0, 0.1) is 11.8 Å². The van der Waals surface area contributed by atoms with Crippen LogP contribution in [-0.2, 0) is 14.3 Å². The minimum absolute atomic E-state index is 0.142. The van der Waals surface area contributed by atoms with Crippen LogP contribution in [0.25, 0.3) is 0 Å². The number of piperazine rings is 1. The van der Waals surface area contributed by atoms with Gasteiger partial charge in [-0.3, -0.25) is 9.59 Å². The van der Waals surface area contributed by atoms with E-state index < -0.39 is 0 Å². The van der Waals surface area contributed by atoms with Crippen LogP contribution in [-0.4, -0.2) is 50.1 Å². The Morgan fingerprint density at radius 2 is 1.76 bits per heavy atom. The van der Waals surface area contributed by atoms with E-state index in [1.54, 1.807) is 0 Å². The fourth-order valence-electron chi connectivity index (χ4n) is 3.84. The van der Waals surface area contributed by atoms with Gasteiger partial charge in [-0.05, 0) is 31.4 Å². The maximum Gasteiger partial charge on any atom is 0.308 e. The lowest BCUT2D eigenvalue weighted by Crippen LogP contribution is -2.51. The fraction of sp³-hybridized carbons (Fsp3) is 0.500. The third-order valence-electron chi connectivity index (χ3n) is 5.35. The highest BCUT2D eigenvalue weighted by Crippen LogP contribution is 2.34. The molecule has 2 atom stereocenters. The Balaban J connectivity index is 1.54. The number of anilines is 1. The van der Waals surface area contributed by atoms with Crippen LogP contribution in [0.1, 0.15) is 19.3 Å². The molecule has 0 N–H and O–H groups in total. The van der Waals surface area contributed by atoms with Gasteiger partial charge >= 0.3 is 5.97 Å². The molecule has 25 heavy (non-hydrogen) atoms. The van der Waals surface area contributed by atoms with Crippen LogP contribution < -0.4 is 4.90 Å². The van der Waals surface area contributed by atoms with Gasteiger partial charge in [0.1, 0.15) is 0 Å². The molecular formula is C20H26N2O3. The van der Waals surface area contributed by atoms with Gasteiger partial charge in [0.25, 0.3) is 0 Å². The summed E-state index contributed by atoms with van der Waals surface area (Å²) in [6.45, 7) is 7.24. The molecule has 5 nitrogen and oxygen atoms in total. The average Bonchev–Trinajstić information content (AvgIpc) is 2.67. The van der Waals surface area contributed by atoms with Crippen molar-refractivity contribution in [3.63, 3.8) is 0 Å². The minimum atomic E-state index is -0.191. The number of carbonyl (C=O) groups is 2. The van der Waals surface area contributed by atoms with Gasteiger partial charge in [-0.1, -0.05) is 30.4 Å². The fourth-order valence-corrected chi connectivity index (χ4v) is 3.84. The van der Waals surface area contributed by atoms with Gasteiger partial charge in [0.05, 0.1) is 18.9 Å². The SMILES string of the molecule is C=C1CC(C(=O)OC)CC[C@@H]1C(=O)N1CCN(c2ccccc2)CC1. The van der Waals surface area contributed by atoms with Crippen LogP contribution in [0.5, 0.6) is 0 Å². The van der Waals surface area contributed by atoms with E-state index >= 15 is 0 Å². The number of nitrogens with zero attached hydrogens (tertiary/aromatic N) is 2. The number of esters is 1. The van der Waals surface area contributed by atoms with Gasteiger partial charge in [-0.2, -0.15) is 0 Å². The van der Waals surface area contributed by atoms with Gasteiger partial charge in [-0.25, -0.2) is 0 Å². The Morgan fingerprint density at radius 1 is 1.08 bits per heavy atom. The predicted octanol–water partition coefficient (Wildman–Crippen LogP) is 2.48. The third kappa shape index (κ3) is 3.86. The van der Waals surface area contributed by atoms with Crippen LogP contribution in [0.15, 0.2) is 42.5 Å². The highest BCUT2D eigenvalue weighted by atomic mass is 16.5. The van der Waals surface area contributed by atoms with Gasteiger partial charge in [0.15, 0.2) is 0 Å². The lowest BCUT2D eigenvalue weighted by molar-refractivity contribution is -0.147. The van der Waals surface area contributed by atoms with Crippen LogP contribution in [0.4, 0.5) is 5.69 Å². The Hall–Kier alpha value is -2.30. The zero-order valence-electron chi connectivity index (χ0n) is 14.8. The molecule has 1 saturated carbocycles. The summed E-state index contributed by atoms with van der Waals surface area (Å²) in [6.07, 6.45) is 1.95. The second-order valence-corrected chi connectivity index (χ2v) is 6.86. The normalized spacial score (nSPS) is 24.1. The zero-order chi connectivity index (χ0) is 17.8. The maximum absolute atomic E-state index is 12.9. The summed E-state index contributed by atoms with van der Waals surface area (Å²) in [4.78, 5) is 28.8. The van der Waals surface area contributed by atoms with Crippen LogP contribution in [0.2, 0.25) is 0 Å². The highest BCUT2D eigenvalue weighted by molar-refractivity contribution is 5.83. The summed E-state index contributed by atoms with van der Waals surface area (Å²) in [5, 5.41) is 0. The average molecular weight is 342 g/mol. The number of hydrogen-bond acceptors (Lipinski definition) is 4. The van der Waals surface area contributed by atoms with Crippen molar-refractivity contribution in [2.75, 3.05) is 38.2 Å². The van der Waals surface area contributed by atoms with E-state index in [1.165, 1.54) is 12.8 Å². The topological polar surface area (TPSA) is 49.9 Å². The molecule has 1 aromatic rings. The van der Waals surface area contributed by atoms with Crippen molar-refractivity contribution in [1.29, 1.82) is 0 Å². The number of hydrogen-bond donors (Lipinski definition) is 0. The van der Waals surface area contributed by atoms with E-state index in [2.05, 4.69) is 23.6 Å². The molecule has 1 aliphatic heterocycles. The summed E-state index contributed by atoms with van der Waals surface area (Å²) in [7, 11) is 1.41. The molecule has 1 saturated heterocycles. The van der Waals surface area contributed by atoms with Crippen molar-refractivity contribution in [1.82, 2.24) is 4.90 Å². The molecule has 2 aliphatic rings. The zero-order valence-corrected chi connectivity index (χ0v) is 14.8.